The van der Waals surface area contributed by atoms with Crippen molar-refractivity contribution in [2.24, 2.45) is 0 Å². The molecule has 0 saturated carbocycles. The number of carbonyl (C=O) groups is 2. The summed E-state index contributed by atoms with van der Waals surface area (Å²) >= 11 is 0. The molecule has 0 aromatic heterocycles. The lowest BCUT2D eigenvalue weighted by Crippen LogP contribution is -2.27. The van der Waals surface area contributed by atoms with Gasteiger partial charge in [0.15, 0.2) is 18.1 Å². The number of carbonyl (C=O) groups excluding carboxylic acids is 2. The second-order valence-electron chi connectivity index (χ2n) is 5.90. The fourth-order valence-corrected chi connectivity index (χ4v) is 1.93. The highest BCUT2D eigenvalue weighted by Gasteiger charge is 2.18. The molecule has 1 aromatic rings. The lowest BCUT2D eigenvalue weighted by atomic mass is 10.1. The number of ether oxygens (including phenoxy) is 4. The molecule has 0 saturated heterocycles. The first-order valence-electron chi connectivity index (χ1n) is 7.09. The van der Waals surface area contributed by atoms with Gasteiger partial charge in [0, 0.05) is 0 Å². The van der Waals surface area contributed by atoms with Crippen molar-refractivity contribution in [2.75, 3.05) is 19.8 Å². The maximum Gasteiger partial charge on any atom is 0.344 e. The molecule has 0 fully saturated rings. The van der Waals surface area contributed by atoms with Crippen LogP contribution in [0.2, 0.25) is 0 Å². The van der Waals surface area contributed by atoms with Gasteiger partial charge in [0.1, 0.15) is 18.8 Å². The molecule has 1 aliphatic heterocycles. The van der Waals surface area contributed by atoms with E-state index in [2.05, 4.69) is 0 Å². The van der Waals surface area contributed by atoms with Gasteiger partial charge in [-0.05, 0) is 38.5 Å². The predicted octanol–water partition coefficient (Wildman–Crippen LogP) is 1.89. The first-order chi connectivity index (χ1) is 10.3. The Morgan fingerprint density at radius 3 is 2.45 bits per heavy atom. The van der Waals surface area contributed by atoms with Gasteiger partial charge in [-0.15, -0.1) is 0 Å². The Labute approximate surface area is 129 Å². The van der Waals surface area contributed by atoms with Gasteiger partial charge in [-0.3, -0.25) is 4.79 Å². The van der Waals surface area contributed by atoms with Crippen LogP contribution in [0.3, 0.4) is 0 Å². The van der Waals surface area contributed by atoms with Gasteiger partial charge in [-0.25, -0.2) is 4.79 Å². The average molecular weight is 308 g/mol. The second-order valence-corrected chi connectivity index (χ2v) is 5.90. The zero-order chi connectivity index (χ0) is 16.2. The summed E-state index contributed by atoms with van der Waals surface area (Å²) in [6, 6.07) is 5.26. The Hall–Kier alpha value is -2.24. The van der Waals surface area contributed by atoms with E-state index in [1.54, 1.807) is 39.0 Å². The molecular weight excluding hydrogens is 288 g/mol. The molecule has 1 heterocycles. The molecular formula is C16H20O6. The maximum atomic E-state index is 11.7. The van der Waals surface area contributed by atoms with Crippen LogP contribution in [0.5, 0.6) is 11.5 Å². The minimum Gasteiger partial charge on any atom is -0.486 e. The molecule has 0 N–H and O–H groups in total. The molecule has 0 aliphatic carbocycles. The van der Waals surface area contributed by atoms with E-state index in [1.807, 2.05) is 0 Å². The summed E-state index contributed by atoms with van der Waals surface area (Å²) in [6.45, 7) is 5.87. The molecule has 22 heavy (non-hydrogen) atoms. The van der Waals surface area contributed by atoms with Crippen LogP contribution in [-0.2, 0) is 25.5 Å². The Morgan fingerprint density at radius 2 is 1.77 bits per heavy atom. The standard InChI is InChI=1S/C16H20O6/c1-16(2,3)22-15(18)10-21-14(17)9-11-4-5-12-13(8-11)20-7-6-19-12/h4-5,8H,6-7,9-10H2,1-3H3. The van der Waals surface area contributed by atoms with Crippen molar-refractivity contribution in [1.82, 2.24) is 0 Å². The lowest BCUT2D eigenvalue weighted by molar-refractivity contribution is -0.166. The molecule has 0 unspecified atom stereocenters. The number of esters is 2. The van der Waals surface area contributed by atoms with E-state index >= 15 is 0 Å². The predicted molar refractivity (Wildman–Crippen MR) is 77.9 cm³/mol. The SMILES string of the molecule is CC(C)(C)OC(=O)COC(=O)Cc1ccc2c(c1)OCCO2. The second kappa shape index (κ2) is 6.68. The van der Waals surface area contributed by atoms with Gasteiger partial charge < -0.3 is 18.9 Å². The Balaban J connectivity index is 1.83. The van der Waals surface area contributed by atoms with Gasteiger partial charge in [0.25, 0.3) is 0 Å². The van der Waals surface area contributed by atoms with Gasteiger partial charge in [0.2, 0.25) is 0 Å². The summed E-state index contributed by atoms with van der Waals surface area (Å²) in [4.78, 5) is 23.2. The van der Waals surface area contributed by atoms with Crippen LogP contribution in [0.4, 0.5) is 0 Å². The number of benzene rings is 1. The Morgan fingerprint density at radius 1 is 1.09 bits per heavy atom. The number of hydrogen-bond donors (Lipinski definition) is 0. The third kappa shape index (κ3) is 4.95. The molecule has 0 atom stereocenters. The lowest BCUT2D eigenvalue weighted by Gasteiger charge is -2.19. The van der Waals surface area contributed by atoms with E-state index in [4.69, 9.17) is 18.9 Å². The highest BCUT2D eigenvalue weighted by atomic mass is 16.6. The summed E-state index contributed by atoms with van der Waals surface area (Å²) in [5.74, 6) is 0.214. The smallest absolute Gasteiger partial charge is 0.344 e. The molecule has 120 valence electrons. The van der Waals surface area contributed by atoms with Crippen molar-refractivity contribution in [3.63, 3.8) is 0 Å². The average Bonchev–Trinajstić information content (AvgIpc) is 2.43. The molecule has 0 amide bonds. The zero-order valence-corrected chi connectivity index (χ0v) is 13.0. The summed E-state index contributed by atoms with van der Waals surface area (Å²) in [5.41, 5.74) is 0.137. The first-order valence-corrected chi connectivity index (χ1v) is 7.09. The van der Waals surface area contributed by atoms with Crippen LogP contribution < -0.4 is 9.47 Å². The minimum atomic E-state index is -0.598. The van der Waals surface area contributed by atoms with Gasteiger partial charge in [-0.2, -0.15) is 0 Å². The van der Waals surface area contributed by atoms with E-state index in [0.717, 1.165) is 5.56 Å². The maximum absolute atomic E-state index is 11.7. The van der Waals surface area contributed by atoms with E-state index in [9.17, 15) is 9.59 Å². The van der Waals surface area contributed by atoms with Gasteiger partial charge in [-0.1, -0.05) is 6.07 Å². The minimum absolute atomic E-state index is 0.0550. The third-order valence-corrected chi connectivity index (χ3v) is 2.73. The quantitative estimate of drug-likeness (QED) is 0.791. The van der Waals surface area contributed by atoms with Crippen LogP contribution in [0, 0.1) is 0 Å². The van der Waals surface area contributed by atoms with Crippen LogP contribution in [0.15, 0.2) is 18.2 Å². The largest absolute Gasteiger partial charge is 0.486 e. The highest BCUT2D eigenvalue weighted by Crippen LogP contribution is 2.30. The van der Waals surface area contributed by atoms with Gasteiger partial charge in [0.05, 0.1) is 6.42 Å². The summed E-state index contributed by atoms with van der Waals surface area (Å²) in [6.07, 6.45) is 0.0550. The van der Waals surface area contributed by atoms with Gasteiger partial charge >= 0.3 is 11.9 Å². The molecule has 1 aromatic carbocycles. The van der Waals surface area contributed by atoms with Crippen LogP contribution in [0.1, 0.15) is 26.3 Å². The molecule has 1 aliphatic rings. The monoisotopic (exact) mass is 308 g/mol. The van der Waals surface area contributed by atoms with Crippen molar-refractivity contribution >= 4 is 11.9 Å². The number of hydrogen-bond acceptors (Lipinski definition) is 6. The van der Waals surface area contributed by atoms with E-state index in [1.165, 1.54) is 0 Å². The summed E-state index contributed by atoms with van der Waals surface area (Å²) < 4.78 is 20.8. The summed E-state index contributed by atoms with van der Waals surface area (Å²) in [5, 5.41) is 0. The van der Waals surface area contributed by atoms with Crippen molar-refractivity contribution in [3.8, 4) is 11.5 Å². The Kier molecular flexibility index (Phi) is 4.90. The highest BCUT2D eigenvalue weighted by molar-refractivity contribution is 5.78. The van der Waals surface area contributed by atoms with E-state index < -0.39 is 17.5 Å². The molecule has 6 nitrogen and oxygen atoms in total. The first kappa shape index (κ1) is 16.1. The molecule has 2 rings (SSSR count). The number of fused-ring (bicyclic) bond motifs is 1. The van der Waals surface area contributed by atoms with E-state index in [-0.39, 0.29) is 13.0 Å². The molecule has 0 radical (unpaired) electrons. The number of rotatable bonds is 4. The van der Waals surface area contributed by atoms with Crippen molar-refractivity contribution in [3.05, 3.63) is 23.8 Å². The Bertz CT molecular complexity index is 558. The topological polar surface area (TPSA) is 71.1 Å². The van der Waals surface area contributed by atoms with Crippen molar-refractivity contribution in [1.29, 1.82) is 0 Å². The molecule has 6 heteroatoms. The summed E-state index contributed by atoms with van der Waals surface area (Å²) in [7, 11) is 0. The van der Waals surface area contributed by atoms with Crippen LogP contribution in [-0.4, -0.2) is 37.4 Å². The zero-order valence-electron chi connectivity index (χ0n) is 13.0. The molecule has 0 spiro atoms. The van der Waals surface area contributed by atoms with Crippen molar-refractivity contribution in [2.45, 2.75) is 32.8 Å². The fourth-order valence-electron chi connectivity index (χ4n) is 1.93. The molecule has 0 bridgehead atoms. The van der Waals surface area contributed by atoms with Crippen molar-refractivity contribution < 1.29 is 28.5 Å². The normalized spacial score (nSPS) is 13.4. The van der Waals surface area contributed by atoms with Crippen LogP contribution in [0.25, 0.3) is 0 Å². The van der Waals surface area contributed by atoms with E-state index in [0.29, 0.717) is 24.7 Å². The fraction of sp³-hybridized carbons (Fsp3) is 0.500. The third-order valence-electron chi connectivity index (χ3n) is 2.73. The van der Waals surface area contributed by atoms with Crippen LogP contribution >= 0.6 is 0 Å².